The maximum atomic E-state index is 14.1. The van der Waals surface area contributed by atoms with Crippen LogP contribution in [0, 0.1) is 5.82 Å². The first-order valence-corrected chi connectivity index (χ1v) is 10.3. The number of aliphatic imine (C=N–C) groups is 1. The van der Waals surface area contributed by atoms with Crippen molar-refractivity contribution in [2.24, 2.45) is 4.99 Å². The number of fused-ring (bicyclic) bond motifs is 1. The number of anilines is 1. The second kappa shape index (κ2) is 8.63. The number of likely N-dealkylation sites (tertiary alicyclic amines) is 2. The Kier molecular flexibility index (Phi) is 5.94. The fourth-order valence-corrected chi connectivity index (χ4v) is 4.59. The summed E-state index contributed by atoms with van der Waals surface area (Å²) >= 11 is 0. The Hall–Kier alpha value is -2.61. The van der Waals surface area contributed by atoms with E-state index < -0.39 is 6.17 Å². The number of pyridine rings is 1. The van der Waals surface area contributed by atoms with Crippen LogP contribution < -0.4 is 4.90 Å². The zero-order valence-corrected chi connectivity index (χ0v) is 17.3. The SMILES string of the molecule is CN=C[C@@H]1C[C@H](F)CN1C(=O)CN1CC[C@H](N(C)c2cc(F)cc3ncccc23)C1. The van der Waals surface area contributed by atoms with Crippen LogP contribution in [0.5, 0.6) is 0 Å². The maximum Gasteiger partial charge on any atom is 0.237 e. The summed E-state index contributed by atoms with van der Waals surface area (Å²) in [4.78, 5) is 26.8. The highest BCUT2D eigenvalue weighted by molar-refractivity contribution is 5.92. The summed E-state index contributed by atoms with van der Waals surface area (Å²) in [5, 5.41) is 0.906. The molecule has 0 N–H and O–H groups in total. The topological polar surface area (TPSA) is 52.0 Å². The second-order valence-electron chi connectivity index (χ2n) is 8.14. The molecule has 160 valence electrons. The van der Waals surface area contributed by atoms with E-state index in [2.05, 4.69) is 19.8 Å². The standard InChI is InChI=1S/C22H27F2N5O/c1-25-11-18-8-16(24)12-29(18)22(30)14-28-7-5-17(13-28)27(2)21-10-15(23)9-20-19(21)4-3-6-26-20/h3-4,6,9-11,16-18H,5,7-8,12-14H2,1-2H3/t16-,17-,18-/m0/s1. The molecule has 2 fully saturated rings. The molecular formula is C22H27F2N5O. The first-order valence-electron chi connectivity index (χ1n) is 10.3. The van der Waals surface area contributed by atoms with Crippen LogP contribution in [0.2, 0.25) is 0 Å². The molecule has 0 aliphatic carbocycles. The largest absolute Gasteiger partial charge is 0.370 e. The average molecular weight is 415 g/mol. The van der Waals surface area contributed by atoms with Crippen molar-refractivity contribution in [2.45, 2.75) is 31.1 Å². The normalized spacial score (nSPS) is 24.9. The summed E-state index contributed by atoms with van der Waals surface area (Å²) in [6.07, 6.45) is 3.50. The molecule has 2 aliphatic heterocycles. The lowest BCUT2D eigenvalue weighted by Crippen LogP contribution is -2.44. The molecule has 0 saturated carbocycles. The van der Waals surface area contributed by atoms with Gasteiger partial charge in [-0.2, -0.15) is 0 Å². The Morgan fingerprint density at radius 2 is 2.23 bits per heavy atom. The fourth-order valence-electron chi connectivity index (χ4n) is 4.59. The lowest BCUT2D eigenvalue weighted by molar-refractivity contribution is -0.132. The summed E-state index contributed by atoms with van der Waals surface area (Å²) in [6, 6.07) is 6.67. The van der Waals surface area contributed by atoms with Crippen molar-refractivity contribution in [3.63, 3.8) is 0 Å². The predicted molar refractivity (Wildman–Crippen MR) is 114 cm³/mol. The Balaban J connectivity index is 1.43. The van der Waals surface area contributed by atoms with Crippen LogP contribution in [-0.2, 0) is 4.79 Å². The highest BCUT2D eigenvalue weighted by Crippen LogP contribution is 2.30. The molecule has 1 aromatic carbocycles. The number of aromatic nitrogens is 1. The number of carbonyl (C=O) groups is 1. The van der Waals surface area contributed by atoms with Crippen LogP contribution in [0.25, 0.3) is 10.9 Å². The Bertz CT molecular complexity index is 952. The molecule has 2 aromatic rings. The Labute approximate surface area is 175 Å². The molecule has 8 heteroatoms. The molecule has 6 nitrogen and oxygen atoms in total. The van der Waals surface area contributed by atoms with Gasteiger partial charge in [-0.1, -0.05) is 0 Å². The molecule has 4 rings (SSSR count). The molecule has 1 amide bonds. The van der Waals surface area contributed by atoms with Gasteiger partial charge in [-0.15, -0.1) is 0 Å². The van der Waals surface area contributed by atoms with Gasteiger partial charge in [-0.05, 0) is 24.6 Å². The molecule has 3 atom stereocenters. The zero-order chi connectivity index (χ0) is 21.3. The fraction of sp³-hybridized carbons (Fsp3) is 0.500. The van der Waals surface area contributed by atoms with Crippen molar-refractivity contribution in [1.29, 1.82) is 0 Å². The third kappa shape index (κ3) is 4.14. The summed E-state index contributed by atoms with van der Waals surface area (Å²) in [6.45, 7) is 1.86. The van der Waals surface area contributed by atoms with E-state index >= 15 is 0 Å². The number of alkyl halides is 1. The van der Waals surface area contributed by atoms with Crippen LogP contribution >= 0.6 is 0 Å². The molecule has 1 aromatic heterocycles. The first kappa shape index (κ1) is 20.7. The Morgan fingerprint density at radius 1 is 1.40 bits per heavy atom. The number of nitrogens with zero attached hydrogens (tertiary/aromatic N) is 5. The van der Waals surface area contributed by atoms with Crippen LogP contribution in [0.15, 0.2) is 35.5 Å². The lowest BCUT2D eigenvalue weighted by Gasteiger charge is -2.29. The van der Waals surface area contributed by atoms with E-state index in [0.717, 1.165) is 24.0 Å². The van der Waals surface area contributed by atoms with Crippen LogP contribution in [-0.4, -0.2) is 85.4 Å². The van der Waals surface area contributed by atoms with Gasteiger partial charge in [-0.25, -0.2) is 8.78 Å². The van der Waals surface area contributed by atoms with Gasteiger partial charge < -0.3 is 9.80 Å². The van der Waals surface area contributed by atoms with E-state index in [1.165, 1.54) is 12.1 Å². The van der Waals surface area contributed by atoms with Gasteiger partial charge in [0.15, 0.2) is 0 Å². The molecule has 0 unspecified atom stereocenters. The first-order chi connectivity index (χ1) is 14.5. The molecule has 0 spiro atoms. The van der Waals surface area contributed by atoms with Gasteiger partial charge in [0.25, 0.3) is 0 Å². The number of carbonyl (C=O) groups excluding carboxylic acids is 1. The summed E-state index contributed by atoms with van der Waals surface area (Å²) in [5.74, 6) is -0.379. The van der Waals surface area contributed by atoms with E-state index in [1.54, 1.807) is 24.4 Å². The second-order valence-corrected chi connectivity index (χ2v) is 8.14. The molecule has 3 heterocycles. The third-order valence-corrected chi connectivity index (χ3v) is 6.13. The minimum atomic E-state index is -0.996. The van der Waals surface area contributed by atoms with Crippen molar-refractivity contribution >= 4 is 28.7 Å². The van der Waals surface area contributed by atoms with Gasteiger partial charge in [0, 0.05) is 69.2 Å². The van der Waals surface area contributed by atoms with E-state index in [-0.39, 0.29) is 36.9 Å². The monoisotopic (exact) mass is 415 g/mol. The van der Waals surface area contributed by atoms with Crippen molar-refractivity contribution in [1.82, 2.24) is 14.8 Å². The summed E-state index contributed by atoms with van der Waals surface area (Å²) in [5.41, 5.74) is 1.43. The van der Waals surface area contributed by atoms with E-state index in [4.69, 9.17) is 0 Å². The van der Waals surface area contributed by atoms with E-state index in [0.29, 0.717) is 18.5 Å². The Morgan fingerprint density at radius 3 is 3.03 bits per heavy atom. The molecular weight excluding hydrogens is 388 g/mol. The molecule has 0 radical (unpaired) electrons. The van der Waals surface area contributed by atoms with Crippen molar-refractivity contribution < 1.29 is 13.6 Å². The quantitative estimate of drug-likeness (QED) is 0.705. The summed E-state index contributed by atoms with van der Waals surface area (Å²) in [7, 11) is 3.60. The number of rotatable bonds is 5. The van der Waals surface area contributed by atoms with Gasteiger partial charge in [0.1, 0.15) is 12.0 Å². The van der Waals surface area contributed by atoms with Gasteiger partial charge in [0.2, 0.25) is 5.91 Å². The van der Waals surface area contributed by atoms with Crippen molar-refractivity contribution in [3.05, 3.63) is 36.3 Å². The zero-order valence-electron chi connectivity index (χ0n) is 17.3. The van der Waals surface area contributed by atoms with E-state index in [1.807, 2.05) is 19.2 Å². The average Bonchev–Trinajstić information content (AvgIpc) is 3.33. The highest BCUT2D eigenvalue weighted by atomic mass is 19.1. The van der Waals surface area contributed by atoms with Crippen LogP contribution in [0.4, 0.5) is 14.5 Å². The maximum absolute atomic E-state index is 14.1. The minimum Gasteiger partial charge on any atom is -0.370 e. The van der Waals surface area contributed by atoms with Gasteiger partial charge in [0.05, 0.1) is 24.6 Å². The van der Waals surface area contributed by atoms with Crippen LogP contribution in [0.1, 0.15) is 12.8 Å². The molecule has 30 heavy (non-hydrogen) atoms. The lowest BCUT2D eigenvalue weighted by atomic mass is 10.1. The van der Waals surface area contributed by atoms with Gasteiger partial charge >= 0.3 is 0 Å². The van der Waals surface area contributed by atoms with Crippen molar-refractivity contribution in [2.75, 3.05) is 45.2 Å². The van der Waals surface area contributed by atoms with E-state index in [9.17, 15) is 13.6 Å². The highest BCUT2D eigenvalue weighted by Gasteiger charge is 2.36. The number of likely N-dealkylation sites (N-methyl/N-ethyl adjacent to an activating group) is 1. The number of amides is 1. The molecule has 2 saturated heterocycles. The predicted octanol–water partition coefficient (Wildman–Crippen LogP) is 2.52. The van der Waals surface area contributed by atoms with Gasteiger partial charge in [-0.3, -0.25) is 19.7 Å². The smallest absolute Gasteiger partial charge is 0.237 e. The number of hydrogen-bond acceptors (Lipinski definition) is 5. The number of benzene rings is 1. The number of hydrogen-bond donors (Lipinski definition) is 0. The van der Waals surface area contributed by atoms with Crippen molar-refractivity contribution in [3.8, 4) is 0 Å². The summed E-state index contributed by atoms with van der Waals surface area (Å²) < 4.78 is 28.0. The third-order valence-electron chi connectivity index (χ3n) is 6.13. The van der Waals surface area contributed by atoms with Crippen LogP contribution in [0.3, 0.4) is 0 Å². The minimum absolute atomic E-state index is 0.0660. The molecule has 0 bridgehead atoms. The molecule has 2 aliphatic rings. The number of halogens is 2.